The van der Waals surface area contributed by atoms with Crippen LogP contribution in [0.2, 0.25) is 0 Å². The molecule has 0 amide bonds. The van der Waals surface area contributed by atoms with Crippen LogP contribution in [0, 0.1) is 0 Å². The van der Waals surface area contributed by atoms with Crippen LogP contribution in [0.1, 0.15) is 38.8 Å². The molecule has 0 aliphatic rings. The Bertz CT molecular complexity index is 565. The first-order chi connectivity index (χ1) is 10.8. The van der Waals surface area contributed by atoms with Gasteiger partial charge >= 0.3 is 5.97 Å². The Morgan fingerprint density at radius 3 is 1.48 bits per heavy atom. The molecule has 2 aromatic carbocycles. The molecular weight excluding hydrogens is 292 g/mol. The van der Waals surface area contributed by atoms with Crippen LogP contribution in [0.25, 0.3) is 0 Å². The highest BCUT2D eigenvalue weighted by atomic mass is 16.5. The average molecular weight is 316 g/mol. The summed E-state index contributed by atoms with van der Waals surface area (Å²) in [4.78, 5) is 9.82. The molecule has 0 saturated carbocycles. The molecular formula is C19H24O4. The van der Waals surface area contributed by atoms with E-state index in [0.29, 0.717) is 6.61 Å². The van der Waals surface area contributed by atoms with E-state index in [1.54, 1.807) is 31.2 Å². The summed E-state index contributed by atoms with van der Waals surface area (Å²) in [5.41, 5.74) is 2.10. The minimum absolute atomic E-state index is 0.151. The third-order valence-corrected chi connectivity index (χ3v) is 3.53. The molecule has 0 aliphatic carbocycles. The van der Waals surface area contributed by atoms with Crippen LogP contribution in [-0.4, -0.2) is 22.8 Å². The molecule has 0 aromatic heterocycles. The molecule has 0 radical (unpaired) electrons. The molecule has 2 rings (SSSR count). The second kappa shape index (κ2) is 8.22. The zero-order valence-corrected chi connectivity index (χ0v) is 14.0. The molecule has 0 unspecified atom stereocenters. The van der Waals surface area contributed by atoms with Gasteiger partial charge < -0.3 is 14.9 Å². The Kier molecular flexibility index (Phi) is 6.64. The molecule has 4 heteroatoms. The third kappa shape index (κ3) is 5.66. The van der Waals surface area contributed by atoms with Crippen LogP contribution >= 0.6 is 0 Å². The zero-order valence-electron chi connectivity index (χ0n) is 14.0. The normalized spacial score (nSPS) is 10.4. The summed E-state index contributed by atoms with van der Waals surface area (Å²) in [6.45, 7) is 7.89. The Balaban J connectivity index is 0.000000379. The summed E-state index contributed by atoms with van der Waals surface area (Å²) in [5.74, 6) is 0.336. The highest BCUT2D eigenvalue weighted by Crippen LogP contribution is 2.32. The smallest absolute Gasteiger partial charge is 0.302 e. The van der Waals surface area contributed by atoms with Gasteiger partial charge in [-0.1, -0.05) is 38.1 Å². The Labute approximate surface area is 137 Å². The first-order valence-corrected chi connectivity index (χ1v) is 7.49. The molecule has 0 fully saturated rings. The van der Waals surface area contributed by atoms with E-state index in [4.69, 9.17) is 0 Å². The van der Waals surface area contributed by atoms with Gasteiger partial charge in [0.05, 0.1) is 6.61 Å². The van der Waals surface area contributed by atoms with E-state index >= 15 is 0 Å². The number of ether oxygens (including phenoxy) is 1. The standard InChI is InChI=1S/C15H16O2.C4H8O2/c1-15(2,11-3-7-13(16)8-4-11)12-5-9-14(17)10-6-12;1-3-6-4(2)5/h3-10,16-17H,1-2H3;3H2,1-2H3. The fraction of sp³-hybridized carbons (Fsp3) is 0.316. The van der Waals surface area contributed by atoms with Gasteiger partial charge in [-0.25, -0.2) is 0 Å². The van der Waals surface area contributed by atoms with E-state index < -0.39 is 0 Å². The minimum Gasteiger partial charge on any atom is -0.508 e. The molecule has 4 nitrogen and oxygen atoms in total. The summed E-state index contributed by atoms with van der Waals surface area (Å²) in [5, 5.41) is 18.6. The van der Waals surface area contributed by atoms with Crippen LogP contribution in [-0.2, 0) is 14.9 Å². The SMILES string of the molecule is CC(C)(c1ccc(O)cc1)c1ccc(O)cc1.CCOC(C)=O. The maximum atomic E-state index is 9.82. The first-order valence-electron chi connectivity index (χ1n) is 7.49. The predicted octanol–water partition coefficient (Wildman–Crippen LogP) is 3.99. The second-order valence-electron chi connectivity index (χ2n) is 5.64. The molecule has 0 aliphatic heterocycles. The van der Waals surface area contributed by atoms with Crippen molar-refractivity contribution in [2.24, 2.45) is 0 Å². The topological polar surface area (TPSA) is 66.8 Å². The molecule has 23 heavy (non-hydrogen) atoms. The summed E-state index contributed by atoms with van der Waals surface area (Å²) in [6, 6.07) is 14.4. The van der Waals surface area contributed by atoms with Gasteiger partial charge in [0.15, 0.2) is 0 Å². The van der Waals surface area contributed by atoms with Crippen molar-refractivity contribution < 1.29 is 19.7 Å². The maximum absolute atomic E-state index is 9.82. The largest absolute Gasteiger partial charge is 0.508 e. The number of phenolic OH excluding ortho intramolecular Hbond substituents is 2. The Morgan fingerprint density at radius 1 is 0.913 bits per heavy atom. The van der Waals surface area contributed by atoms with Crippen LogP contribution in [0.5, 0.6) is 11.5 Å². The number of hydrogen-bond acceptors (Lipinski definition) is 4. The molecule has 0 saturated heterocycles. The fourth-order valence-corrected chi connectivity index (χ4v) is 2.13. The maximum Gasteiger partial charge on any atom is 0.302 e. The van der Waals surface area contributed by atoms with E-state index in [-0.39, 0.29) is 22.9 Å². The summed E-state index contributed by atoms with van der Waals surface area (Å²) >= 11 is 0. The van der Waals surface area contributed by atoms with Gasteiger partial charge in [-0.3, -0.25) is 4.79 Å². The highest BCUT2D eigenvalue weighted by molar-refractivity contribution is 5.65. The number of phenols is 2. The Hall–Kier alpha value is -2.49. The number of esters is 1. The van der Waals surface area contributed by atoms with Crippen molar-refractivity contribution in [3.05, 3.63) is 59.7 Å². The van der Waals surface area contributed by atoms with Crippen molar-refractivity contribution in [1.29, 1.82) is 0 Å². The summed E-state index contributed by atoms with van der Waals surface area (Å²) in [7, 11) is 0. The lowest BCUT2D eigenvalue weighted by Gasteiger charge is -2.26. The van der Waals surface area contributed by atoms with E-state index in [9.17, 15) is 15.0 Å². The van der Waals surface area contributed by atoms with Gasteiger partial charge in [-0.15, -0.1) is 0 Å². The van der Waals surface area contributed by atoms with Crippen molar-refractivity contribution in [2.45, 2.75) is 33.1 Å². The van der Waals surface area contributed by atoms with Crippen molar-refractivity contribution >= 4 is 5.97 Å². The van der Waals surface area contributed by atoms with Crippen LogP contribution in [0.4, 0.5) is 0 Å². The molecule has 0 atom stereocenters. The minimum atomic E-state index is -0.211. The van der Waals surface area contributed by atoms with Gasteiger partial charge in [0.25, 0.3) is 0 Å². The van der Waals surface area contributed by atoms with Crippen LogP contribution in [0.3, 0.4) is 0 Å². The quantitative estimate of drug-likeness (QED) is 0.840. The van der Waals surface area contributed by atoms with E-state index in [1.807, 2.05) is 24.3 Å². The molecule has 0 spiro atoms. The number of rotatable bonds is 3. The lowest BCUT2D eigenvalue weighted by atomic mass is 9.78. The molecule has 124 valence electrons. The number of carbonyl (C=O) groups is 1. The number of aromatic hydroxyl groups is 2. The van der Waals surface area contributed by atoms with Gasteiger partial charge in [-0.2, -0.15) is 0 Å². The molecule has 2 aromatic rings. The van der Waals surface area contributed by atoms with Crippen molar-refractivity contribution in [1.82, 2.24) is 0 Å². The van der Waals surface area contributed by atoms with Crippen molar-refractivity contribution in [2.75, 3.05) is 6.61 Å². The predicted molar refractivity (Wildman–Crippen MR) is 90.6 cm³/mol. The van der Waals surface area contributed by atoms with Crippen molar-refractivity contribution in [3.8, 4) is 11.5 Å². The van der Waals surface area contributed by atoms with E-state index in [0.717, 1.165) is 11.1 Å². The molecule has 2 N–H and O–H groups in total. The van der Waals surface area contributed by atoms with Crippen molar-refractivity contribution in [3.63, 3.8) is 0 Å². The highest BCUT2D eigenvalue weighted by Gasteiger charge is 2.22. The van der Waals surface area contributed by atoms with Gasteiger partial charge in [0.1, 0.15) is 11.5 Å². The lowest BCUT2D eigenvalue weighted by Crippen LogP contribution is -2.18. The zero-order chi connectivity index (χ0) is 17.5. The third-order valence-electron chi connectivity index (χ3n) is 3.53. The number of carbonyl (C=O) groups excluding carboxylic acids is 1. The van der Waals surface area contributed by atoms with Gasteiger partial charge in [-0.05, 0) is 42.3 Å². The van der Waals surface area contributed by atoms with Crippen LogP contribution < -0.4 is 0 Å². The molecule has 0 bridgehead atoms. The summed E-state index contributed by atoms with van der Waals surface area (Å²) < 4.78 is 4.40. The summed E-state index contributed by atoms with van der Waals surface area (Å²) in [6.07, 6.45) is 0. The van der Waals surface area contributed by atoms with Gasteiger partial charge in [0.2, 0.25) is 0 Å². The Morgan fingerprint density at radius 2 is 1.26 bits per heavy atom. The monoisotopic (exact) mass is 316 g/mol. The molecule has 0 heterocycles. The van der Waals surface area contributed by atoms with E-state index in [1.165, 1.54) is 6.92 Å². The number of benzene rings is 2. The lowest BCUT2D eigenvalue weighted by molar-refractivity contribution is -0.140. The van der Waals surface area contributed by atoms with E-state index in [2.05, 4.69) is 18.6 Å². The average Bonchev–Trinajstić information content (AvgIpc) is 2.48. The first kappa shape index (κ1) is 18.6. The second-order valence-corrected chi connectivity index (χ2v) is 5.64. The number of hydrogen-bond donors (Lipinski definition) is 2. The van der Waals surface area contributed by atoms with Gasteiger partial charge in [0, 0.05) is 12.3 Å². The van der Waals surface area contributed by atoms with Crippen LogP contribution in [0.15, 0.2) is 48.5 Å². The fourth-order valence-electron chi connectivity index (χ4n) is 2.13.